The van der Waals surface area contributed by atoms with E-state index in [1.807, 2.05) is 44.7 Å². The molecule has 1 aliphatic carbocycles. The summed E-state index contributed by atoms with van der Waals surface area (Å²) in [5.41, 5.74) is 2.36. The van der Waals surface area contributed by atoms with E-state index in [2.05, 4.69) is 15.3 Å². The van der Waals surface area contributed by atoms with Crippen LogP contribution in [0.1, 0.15) is 56.4 Å². The lowest BCUT2D eigenvalue weighted by Crippen LogP contribution is -2.36. The lowest BCUT2D eigenvalue weighted by atomic mass is 10.00. The highest BCUT2D eigenvalue weighted by Gasteiger charge is 2.44. The summed E-state index contributed by atoms with van der Waals surface area (Å²) in [7, 11) is 1.59. The summed E-state index contributed by atoms with van der Waals surface area (Å²) in [6.45, 7) is 9.10. The number of hydrogen-bond acceptors (Lipinski definition) is 6. The van der Waals surface area contributed by atoms with Crippen LogP contribution in [0, 0.1) is 18.8 Å². The molecule has 1 saturated carbocycles. The Hall–Kier alpha value is -3.16. The lowest BCUT2D eigenvalue weighted by molar-refractivity contribution is -0.115. The Balaban J connectivity index is 1.29. The number of carbonyl (C=O) groups excluding carboxylic acids is 2. The van der Waals surface area contributed by atoms with Crippen LogP contribution >= 0.6 is 0 Å². The van der Waals surface area contributed by atoms with Crippen LogP contribution in [0.4, 0.5) is 10.6 Å². The minimum atomic E-state index is -0.469. The number of anilines is 1. The average molecular weight is 467 g/mol. The van der Waals surface area contributed by atoms with Gasteiger partial charge in [0.25, 0.3) is 0 Å². The van der Waals surface area contributed by atoms with E-state index in [4.69, 9.17) is 9.47 Å². The van der Waals surface area contributed by atoms with Gasteiger partial charge in [-0.15, -0.1) is 0 Å². The van der Waals surface area contributed by atoms with Crippen molar-refractivity contribution in [2.24, 2.45) is 11.8 Å². The molecule has 2 unspecified atom stereocenters. The summed E-state index contributed by atoms with van der Waals surface area (Å²) in [6.07, 6.45) is 5.54. The number of amides is 2. The van der Waals surface area contributed by atoms with Gasteiger partial charge < -0.3 is 19.7 Å². The first-order chi connectivity index (χ1) is 16.1. The van der Waals surface area contributed by atoms with E-state index in [1.54, 1.807) is 25.6 Å². The normalized spacial score (nSPS) is 21.8. The van der Waals surface area contributed by atoms with Gasteiger partial charge in [-0.1, -0.05) is 6.07 Å². The third-order valence-electron chi connectivity index (χ3n) is 6.57. The second kappa shape index (κ2) is 9.60. The average Bonchev–Trinajstić information content (AvgIpc) is 3.34. The molecule has 8 heteroatoms. The number of pyridine rings is 2. The fraction of sp³-hybridized carbons (Fsp3) is 0.538. The molecule has 1 saturated heterocycles. The molecule has 34 heavy (non-hydrogen) atoms. The minimum absolute atomic E-state index is 0.148. The van der Waals surface area contributed by atoms with Crippen LogP contribution in [0.3, 0.4) is 0 Å². The van der Waals surface area contributed by atoms with Crippen LogP contribution in [0.5, 0.6) is 5.75 Å². The standard InChI is InChI=1S/C26H34N4O4/c1-16-12-28-23(11-22(16)33-5)29-24(31)8-17-6-7-21(27-13-17)18-9-19-14-30(15-20(19)10-18)25(32)34-26(2,3)4/h6-7,11-13,18-20H,8-10,14-15H2,1-5H3,(H,28,29,31). The van der Waals surface area contributed by atoms with Gasteiger partial charge in [-0.25, -0.2) is 9.78 Å². The topological polar surface area (TPSA) is 93.7 Å². The number of ether oxygens (including phenoxy) is 2. The van der Waals surface area contributed by atoms with Gasteiger partial charge in [0, 0.05) is 48.7 Å². The van der Waals surface area contributed by atoms with Gasteiger partial charge in [-0.05, 0) is 64.0 Å². The van der Waals surface area contributed by atoms with Gasteiger partial charge in [0.2, 0.25) is 5.91 Å². The van der Waals surface area contributed by atoms with Gasteiger partial charge in [-0.3, -0.25) is 9.78 Å². The molecule has 2 amide bonds. The molecule has 8 nitrogen and oxygen atoms in total. The zero-order chi connectivity index (χ0) is 24.5. The van der Waals surface area contributed by atoms with E-state index in [-0.39, 0.29) is 18.4 Å². The molecule has 4 rings (SSSR count). The zero-order valence-corrected chi connectivity index (χ0v) is 20.6. The number of rotatable bonds is 5. The smallest absolute Gasteiger partial charge is 0.410 e. The minimum Gasteiger partial charge on any atom is -0.496 e. The predicted molar refractivity (Wildman–Crippen MR) is 129 cm³/mol. The fourth-order valence-electron chi connectivity index (χ4n) is 4.96. The molecule has 0 bridgehead atoms. The monoisotopic (exact) mass is 466 g/mol. The molecular weight excluding hydrogens is 432 g/mol. The van der Waals surface area contributed by atoms with Crippen molar-refractivity contribution >= 4 is 17.8 Å². The Bertz CT molecular complexity index is 1030. The van der Waals surface area contributed by atoms with E-state index in [0.717, 1.165) is 42.8 Å². The van der Waals surface area contributed by atoms with Gasteiger partial charge >= 0.3 is 6.09 Å². The van der Waals surface area contributed by atoms with Crippen molar-refractivity contribution < 1.29 is 19.1 Å². The van der Waals surface area contributed by atoms with E-state index in [1.165, 1.54) is 0 Å². The SMILES string of the molecule is COc1cc(NC(=O)Cc2ccc(C3CC4CN(C(=O)OC(C)(C)C)CC4C3)nc2)ncc1C. The highest BCUT2D eigenvalue weighted by atomic mass is 16.6. The largest absolute Gasteiger partial charge is 0.496 e. The summed E-state index contributed by atoms with van der Waals surface area (Å²) >= 11 is 0. The molecular formula is C26H34N4O4. The summed E-state index contributed by atoms with van der Waals surface area (Å²) in [5.74, 6) is 2.38. The number of aromatic nitrogens is 2. The second-order valence-electron chi connectivity index (χ2n) is 10.4. The molecule has 0 aromatic carbocycles. The van der Waals surface area contributed by atoms with Crippen molar-refractivity contribution in [1.82, 2.24) is 14.9 Å². The maximum Gasteiger partial charge on any atom is 0.410 e. The van der Waals surface area contributed by atoms with Crippen molar-refractivity contribution in [1.29, 1.82) is 0 Å². The summed E-state index contributed by atoms with van der Waals surface area (Å²) < 4.78 is 10.8. The first-order valence-corrected chi connectivity index (χ1v) is 11.8. The van der Waals surface area contributed by atoms with Crippen molar-refractivity contribution in [3.8, 4) is 5.75 Å². The number of nitrogens with one attached hydrogen (secondary N) is 1. The van der Waals surface area contributed by atoms with Crippen LogP contribution in [0.25, 0.3) is 0 Å². The summed E-state index contributed by atoms with van der Waals surface area (Å²) in [5, 5.41) is 2.82. The molecule has 0 spiro atoms. The number of methoxy groups -OCH3 is 1. The maximum atomic E-state index is 12.5. The first-order valence-electron chi connectivity index (χ1n) is 11.8. The van der Waals surface area contributed by atoms with Crippen LogP contribution in [-0.2, 0) is 16.0 Å². The van der Waals surface area contributed by atoms with Gasteiger partial charge in [-0.2, -0.15) is 0 Å². The summed E-state index contributed by atoms with van der Waals surface area (Å²) in [4.78, 5) is 35.6. The number of likely N-dealkylation sites (tertiary alicyclic amines) is 1. The number of fused-ring (bicyclic) bond motifs is 1. The molecule has 2 aromatic rings. The molecule has 1 aliphatic heterocycles. The lowest BCUT2D eigenvalue weighted by Gasteiger charge is -2.25. The van der Waals surface area contributed by atoms with Gasteiger partial charge in [0.05, 0.1) is 13.5 Å². The van der Waals surface area contributed by atoms with Crippen LogP contribution in [0.15, 0.2) is 30.6 Å². The molecule has 1 N–H and O–H groups in total. The molecule has 2 fully saturated rings. The van der Waals surface area contributed by atoms with Gasteiger partial charge in [0.1, 0.15) is 17.2 Å². The fourth-order valence-corrected chi connectivity index (χ4v) is 4.96. The Morgan fingerprint density at radius 1 is 1.12 bits per heavy atom. The van der Waals surface area contributed by atoms with Crippen LogP contribution in [0.2, 0.25) is 0 Å². The predicted octanol–water partition coefficient (Wildman–Crippen LogP) is 4.34. The highest BCUT2D eigenvalue weighted by molar-refractivity contribution is 5.91. The van der Waals surface area contributed by atoms with Crippen LogP contribution in [-0.4, -0.2) is 52.7 Å². The first kappa shape index (κ1) is 24.0. The van der Waals surface area contributed by atoms with Crippen molar-refractivity contribution in [2.45, 2.75) is 58.5 Å². The number of carbonyl (C=O) groups is 2. The van der Waals surface area contributed by atoms with Gasteiger partial charge in [0.15, 0.2) is 0 Å². The Morgan fingerprint density at radius 3 is 2.41 bits per heavy atom. The maximum absolute atomic E-state index is 12.5. The van der Waals surface area contributed by atoms with E-state index >= 15 is 0 Å². The Kier molecular flexibility index (Phi) is 6.77. The van der Waals surface area contributed by atoms with Crippen molar-refractivity contribution in [2.75, 3.05) is 25.5 Å². The van der Waals surface area contributed by atoms with Crippen LogP contribution < -0.4 is 10.1 Å². The number of hydrogen-bond donors (Lipinski definition) is 1. The third-order valence-corrected chi connectivity index (χ3v) is 6.57. The number of nitrogens with zero attached hydrogens (tertiary/aromatic N) is 3. The molecule has 0 radical (unpaired) electrons. The third kappa shape index (κ3) is 5.66. The molecule has 2 atom stereocenters. The Morgan fingerprint density at radius 2 is 1.82 bits per heavy atom. The summed E-state index contributed by atoms with van der Waals surface area (Å²) in [6, 6.07) is 5.73. The molecule has 2 aromatic heterocycles. The van der Waals surface area contributed by atoms with E-state index in [9.17, 15) is 9.59 Å². The van der Waals surface area contributed by atoms with Crippen molar-refractivity contribution in [3.63, 3.8) is 0 Å². The quantitative estimate of drug-likeness (QED) is 0.705. The molecule has 2 aliphatic rings. The molecule has 3 heterocycles. The van der Waals surface area contributed by atoms with Crippen molar-refractivity contribution in [3.05, 3.63) is 47.4 Å². The van der Waals surface area contributed by atoms with E-state index in [0.29, 0.717) is 29.3 Å². The highest BCUT2D eigenvalue weighted by Crippen LogP contribution is 2.46. The second-order valence-corrected chi connectivity index (χ2v) is 10.4. The Labute approximate surface area is 201 Å². The van der Waals surface area contributed by atoms with E-state index < -0.39 is 5.60 Å². The molecule has 182 valence electrons. The zero-order valence-electron chi connectivity index (χ0n) is 20.6. The number of aryl methyl sites for hydroxylation is 1.